The highest BCUT2D eigenvalue weighted by Crippen LogP contribution is 2.16. The summed E-state index contributed by atoms with van der Waals surface area (Å²) in [5.41, 5.74) is 3.20. The Hall–Kier alpha value is -1.35. The Balaban J connectivity index is 2.30. The number of rotatable bonds is 18. The van der Waals surface area contributed by atoms with Crippen LogP contribution in [-0.2, 0) is 22.3 Å². The molecule has 0 bridgehead atoms. The first-order chi connectivity index (χ1) is 14.2. The maximum atomic E-state index is 12.5. The molecule has 0 spiro atoms. The fourth-order valence-electron chi connectivity index (χ4n) is 3.47. The monoisotopic (exact) mass is 404 g/mol. The highest BCUT2D eigenvalue weighted by Gasteiger charge is 2.10. The highest BCUT2D eigenvalue weighted by molar-refractivity contribution is 5.89. The van der Waals surface area contributed by atoms with Crippen molar-refractivity contribution >= 4 is 5.97 Å². The number of carbonyl (C=O) groups excluding carboxylic acids is 1. The van der Waals surface area contributed by atoms with Gasteiger partial charge in [-0.15, -0.1) is 0 Å². The standard InChI is InChI=1S/C26H44O3/c1-4-7-10-11-12-13-14-17-28-18-19-29-26(27)25-21-23(15-8-5-2)20-24(22-25)16-9-6-3/h20-22H,4-19H2,1-3H3. The number of unbranched alkanes of at least 4 members (excludes halogenated alkanes) is 8. The van der Waals surface area contributed by atoms with Crippen LogP contribution in [0, 0.1) is 0 Å². The van der Waals surface area contributed by atoms with Crippen molar-refractivity contribution in [1.29, 1.82) is 0 Å². The lowest BCUT2D eigenvalue weighted by atomic mass is 9.99. The first-order valence-electron chi connectivity index (χ1n) is 12.1. The number of ether oxygens (including phenoxy) is 2. The normalized spacial score (nSPS) is 11.0. The van der Waals surface area contributed by atoms with Crippen molar-refractivity contribution in [3.05, 3.63) is 34.9 Å². The third-order valence-electron chi connectivity index (χ3n) is 5.28. The van der Waals surface area contributed by atoms with Crippen molar-refractivity contribution in [3.8, 4) is 0 Å². The van der Waals surface area contributed by atoms with Crippen LogP contribution in [0.3, 0.4) is 0 Å². The number of hydrogen-bond acceptors (Lipinski definition) is 3. The fourth-order valence-corrected chi connectivity index (χ4v) is 3.47. The van der Waals surface area contributed by atoms with Gasteiger partial charge in [0.25, 0.3) is 0 Å². The quantitative estimate of drug-likeness (QED) is 0.190. The summed E-state index contributed by atoms with van der Waals surface area (Å²) in [5.74, 6) is -0.222. The van der Waals surface area contributed by atoms with E-state index >= 15 is 0 Å². The topological polar surface area (TPSA) is 35.5 Å². The van der Waals surface area contributed by atoms with Gasteiger partial charge in [-0.2, -0.15) is 0 Å². The Morgan fingerprint density at radius 3 is 1.79 bits per heavy atom. The molecule has 0 amide bonds. The van der Waals surface area contributed by atoms with E-state index in [9.17, 15) is 4.79 Å². The third kappa shape index (κ3) is 12.7. The van der Waals surface area contributed by atoms with Crippen LogP contribution in [0.25, 0.3) is 0 Å². The second-order valence-corrected chi connectivity index (χ2v) is 8.11. The van der Waals surface area contributed by atoms with Crippen LogP contribution in [0.15, 0.2) is 18.2 Å². The summed E-state index contributed by atoms with van der Waals surface area (Å²) in [6, 6.07) is 6.27. The summed E-state index contributed by atoms with van der Waals surface area (Å²) in [5, 5.41) is 0. The lowest BCUT2D eigenvalue weighted by Crippen LogP contribution is -2.12. The second-order valence-electron chi connectivity index (χ2n) is 8.11. The summed E-state index contributed by atoms with van der Waals surface area (Å²) < 4.78 is 11.1. The average molecular weight is 405 g/mol. The van der Waals surface area contributed by atoms with E-state index in [0.29, 0.717) is 18.8 Å². The van der Waals surface area contributed by atoms with Crippen molar-refractivity contribution < 1.29 is 14.3 Å². The van der Waals surface area contributed by atoms with Crippen LogP contribution in [0.2, 0.25) is 0 Å². The maximum absolute atomic E-state index is 12.5. The Bertz CT molecular complexity index is 513. The van der Waals surface area contributed by atoms with Gasteiger partial charge in [0.2, 0.25) is 0 Å². The number of aryl methyl sites for hydroxylation is 2. The zero-order valence-corrected chi connectivity index (χ0v) is 19.3. The van der Waals surface area contributed by atoms with E-state index in [4.69, 9.17) is 9.47 Å². The van der Waals surface area contributed by atoms with Gasteiger partial charge in [0.1, 0.15) is 6.61 Å². The molecule has 1 aromatic rings. The van der Waals surface area contributed by atoms with E-state index in [-0.39, 0.29) is 5.97 Å². The fraction of sp³-hybridized carbons (Fsp3) is 0.731. The largest absolute Gasteiger partial charge is 0.460 e. The first-order valence-corrected chi connectivity index (χ1v) is 12.1. The molecule has 1 rings (SSSR count). The van der Waals surface area contributed by atoms with Gasteiger partial charge >= 0.3 is 5.97 Å². The van der Waals surface area contributed by atoms with Crippen LogP contribution in [-0.4, -0.2) is 25.8 Å². The third-order valence-corrected chi connectivity index (χ3v) is 5.28. The first kappa shape index (κ1) is 25.7. The van der Waals surface area contributed by atoms with Crippen LogP contribution in [0.4, 0.5) is 0 Å². The molecule has 0 fully saturated rings. The molecular weight excluding hydrogens is 360 g/mol. The summed E-state index contributed by atoms with van der Waals surface area (Å²) in [4.78, 5) is 12.5. The number of esters is 1. The van der Waals surface area contributed by atoms with Gasteiger partial charge < -0.3 is 9.47 Å². The molecule has 3 nitrogen and oxygen atoms in total. The summed E-state index contributed by atoms with van der Waals surface area (Å²) in [6.07, 6.45) is 15.6. The van der Waals surface area contributed by atoms with Crippen LogP contribution < -0.4 is 0 Å². The van der Waals surface area contributed by atoms with Crippen LogP contribution >= 0.6 is 0 Å². The summed E-state index contributed by atoms with van der Waals surface area (Å²) >= 11 is 0. The van der Waals surface area contributed by atoms with E-state index in [1.807, 2.05) is 12.1 Å². The van der Waals surface area contributed by atoms with E-state index in [1.165, 1.54) is 49.7 Å². The molecule has 0 aliphatic carbocycles. The van der Waals surface area contributed by atoms with Gasteiger partial charge in [-0.1, -0.05) is 78.2 Å². The molecule has 166 valence electrons. The van der Waals surface area contributed by atoms with E-state index in [1.54, 1.807) is 0 Å². The molecule has 1 aromatic carbocycles. The summed E-state index contributed by atoms with van der Waals surface area (Å²) in [7, 11) is 0. The van der Waals surface area contributed by atoms with E-state index in [2.05, 4.69) is 26.8 Å². The predicted molar refractivity (Wildman–Crippen MR) is 123 cm³/mol. The SMILES string of the molecule is CCCCCCCCCOCCOC(=O)c1cc(CCCC)cc(CCCC)c1. The number of benzene rings is 1. The van der Waals surface area contributed by atoms with Gasteiger partial charge in [-0.3, -0.25) is 0 Å². The molecule has 0 aliphatic rings. The molecule has 0 heterocycles. The molecule has 0 N–H and O–H groups in total. The number of carbonyl (C=O) groups is 1. The Kier molecular flexibility index (Phi) is 15.5. The average Bonchev–Trinajstić information content (AvgIpc) is 2.74. The number of hydrogen-bond donors (Lipinski definition) is 0. The van der Waals surface area contributed by atoms with Crippen molar-refractivity contribution in [1.82, 2.24) is 0 Å². The predicted octanol–water partition coefficient (Wildman–Crippen LogP) is 7.30. The van der Waals surface area contributed by atoms with E-state index in [0.717, 1.165) is 51.6 Å². The zero-order chi connectivity index (χ0) is 21.2. The Morgan fingerprint density at radius 2 is 1.21 bits per heavy atom. The van der Waals surface area contributed by atoms with Crippen molar-refractivity contribution in [2.75, 3.05) is 19.8 Å². The van der Waals surface area contributed by atoms with Gasteiger partial charge in [-0.05, 0) is 55.4 Å². The van der Waals surface area contributed by atoms with Gasteiger partial charge in [-0.25, -0.2) is 4.79 Å². The highest BCUT2D eigenvalue weighted by atomic mass is 16.6. The molecule has 3 heteroatoms. The minimum atomic E-state index is -0.222. The molecule has 29 heavy (non-hydrogen) atoms. The molecule has 0 saturated carbocycles. The zero-order valence-electron chi connectivity index (χ0n) is 19.3. The van der Waals surface area contributed by atoms with Crippen LogP contribution in [0.1, 0.15) is 113 Å². The molecule has 0 saturated heterocycles. The molecule has 0 radical (unpaired) electrons. The minimum Gasteiger partial charge on any atom is -0.460 e. The van der Waals surface area contributed by atoms with Gasteiger partial charge in [0.15, 0.2) is 0 Å². The van der Waals surface area contributed by atoms with Crippen molar-refractivity contribution in [3.63, 3.8) is 0 Å². The van der Waals surface area contributed by atoms with Crippen molar-refractivity contribution in [2.45, 2.75) is 104 Å². The van der Waals surface area contributed by atoms with Gasteiger partial charge in [0, 0.05) is 6.61 Å². The smallest absolute Gasteiger partial charge is 0.338 e. The Morgan fingerprint density at radius 1 is 0.655 bits per heavy atom. The maximum Gasteiger partial charge on any atom is 0.338 e. The Labute approximate surface area is 179 Å². The molecule has 0 aromatic heterocycles. The second kappa shape index (κ2) is 17.5. The van der Waals surface area contributed by atoms with Crippen LogP contribution in [0.5, 0.6) is 0 Å². The minimum absolute atomic E-state index is 0.222. The lowest BCUT2D eigenvalue weighted by molar-refractivity contribution is 0.0312. The molecular formula is C26H44O3. The van der Waals surface area contributed by atoms with Gasteiger partial charge in [0.05, 0.1) is 12.2 Å². The summed E-state index contributed by atoms with van der Waals surface area (Å²) in [6.45, 7) is 8.22. The molecule has 0 aliphatic heterocycles. The van der Waals surface area contributed by atoms with Crippen molar-refractivity contribution in [2.24, 2.45) is 0 Å². The lowest BCUT2D eigenvalue weighted by Gasteiger charge is -2.10. The van der Waals surface area contributed by atoms with E-state index < -0.39 is 0 Å². The molecule has 0 atom stereocenters. The molecule has 0 unspecified atom stereocenters.